The van der Waals surface area contributed by atoms with Crippen LogP contribution >= 0.6 is 0 Å². The van der Waals surface area contributed by atoms with Crippen molar-refractivity contribution in [1.29, 1.82) is 21.0 Å². The maximum absolute atomic E-state index is 8.81. The number of nitrogens with zero attached hydrogens (tertiary/aromatic N) is 4. The van der Waals surface area contributed by atoms with Gasteiger partial charge in [-0.2, -0.15) is 21.0 Å². The molecular formula is C10H6N4. The largest absolute Gasteiger partial charge is 0.198 e. The molecule has 2 unspecified atom stereocenters. The minimum Gasteiger partial charge on any atom is -0.198 e. The summed E-state index contributed by atoms with van der Waals surface area (Å²) in [5.74, 6) is -1.18. The lowest BCUT2D eigenvalue weighted by molar-refractivity contribution is 0.493. The lowest BCUT2D eigenvalue weighted by Gasteiger charge is -2.20. The Bertz CT molecular complexity index is 433. The molecule has 4 heteroatoms. The Morgan fingerprint density at radius 1 is 1.00 bits per heavy atom. The predicted octanol–water partition coefficient (Wildman–Crippen LogP) is 1.40. The average Bonchev–Trinajstić information content (AvgIpc) is 2.26. The maximum atomic E-state index is 8.81. The summed E-state index contributed by atoms with van der Waals surface area (Å²) in [5.41, 5.74) is 0.526. The van der Waals surface area contributed by atoms with E-state index in [0.29, 0.717) is 18.4 Å². The van der Waals surface area contributed by atoms with E-state index in [-0.39, 0.29) is 5.57 Å². The number of rotatable bonds is 0. The molecule has 0 bridgehead atoms. The third-order valence-electron chi connectivity index (χ3n) is 2.30. The van der Waals surface area contributed by atoms with Crippen LogP contribution in [0.5, 0.6) is 0 Å². The van der Waals surface area contributed by atoms with Crippen molar-refractivity contribution >= 4 is 0 Å². The van der Waals surface area contributed by atoms with Gasteiger partial charge in [0.25, 0.3) is 0 Å². The topological polar surface area (TPSA) is 95.2 Å². The smallest absolute Gasteiger partial charge is 0.0980 e. The zero-order valence-corrected chi connectivity index (χ0v) is 7.36. The molecule has 0 saturated carbocycles. The lowest BCUT2D eigenvalue weighted by Crippen LogP contribution is -2.19. The summed E-state index contributed by atoms with van der Waals surface area (Å²) in [6.45, 7) is 0. The molecule has 0 aromatic heterocycles. The normalized spacial score (nSPS) is 25.4. The molecule has 0 aliphatic heterocycles. The molecule has 0 amide bonds. The van der Waals surface area contributed by atoms with E-state index in [2.05, 4.69) is 0 Å². The van der Waals surface area contributed by atoms with E-state index in [1.807, 2.05) is 24.3 Å². The standard InChI is InChI=1S/C10H6N4/c11-3-7-1-2-8(4-12)10(6-14)9(7)5-13/h7,9H,1-2H2. The van der Waals surface area contributed by atoms with Crippen molar-refractivity contribution < 1.29 is 0 Å². The zero-order valence-electron chi connectivity index (χ0n) is 7.36. The van der Waals surface area contributed by atoms with Crippen molar-refractivity contribution in [1.82, 2.24) is 0 Å². The Hall–Kier alpha value is -2.30. The monoisotopic (exact) mass is 182 g/mol. The highest BCUT2D eigenvalue weighted by Crippen LogP contribution is 2.33. The van der Waals surface area contributed by atoms with Crippen molar-refractivity contribution in [3.63, 3.8) is 0 Å². The Balaban J connectivity index is 3.20. The van der Waals surface area contributed by atoms with Crippen molar-refractivity contribution in [3.8, 4) is 24.3 Å². The van der Waals surface area contributed by atoms with Gasteiger partial charge in [-0.15, -0.1) is 0 Å². The predicted molar refractivity (Wildman–Crippen MR) is 45.7 cm³/mol. The molecule has 4 nitrogen and oxygen atoms in total. The highest BCUT2D eigenvalue weighted by atomic mass is 14.4. The average molecular weight is 182 g/mol. The van der Waals surface area contributed by atoms with Gasteiger partial charge in [-0.25, -0.2) is 0 Å². The summed E-state index contributed by atoms with van der Waals surface area (Å²) >= 11 is 0. The second kappa shape index (κ2) is 4.08. The second-order valence-electron chi connectivity index (χ2n) is 3.00. The van der Waals surface area contributed by atoms with Gasteiger partial charge in [0.2, 0.25) is 0 Å². The van der Waals surface area contributed by atoms with Gasteiger partial charge in [0.1, 0.15) is 0 Å². The quantitative estimate of drug-likeness (QED) is 0.565. The second-order valence-corrected chi connectivity index (χ2v) is 3.00. The van der Waals surface area contributed by atoms with Crippen LogP contribution in [0.2, 0.25) is 0 Å². The Kier molecular flexibility index (Phi) is 2.85. The van der Waals surface area contributed by atoms with E-state index in [1.54, 1.807) is 0 Å². The van der Waals surface area contributed by atoms with Crippen LogP contribution in [0, 0.1) is 57.2 Å². The first-order valence-electron chi connectivity index (χ1n) is 4.11. The molecule has 0 fully saturated rings. The third kappa shape index (κ3) is 1.42. The van der Waals surface area contributed by atoms with Gasteiger partial charge in [0.05, 0.1) is 41.7 Å². The lowest BCUT2D eigenvalue weighted by atomic mass is 9.77. The van der Waals surface area contributed by atoms with Crippen molar-refractivity contribution in [2.75, 3.05) is 0 Å². The molecule has 0 aromatic rings. The molecule has 1 rings (SSSR count). The van der Waals surface area contributed by atoms with Crippen LogP contribution < -0.4 is 0 Å². The van der Waals surface area contributed by atoms with Crippen LogP contribution in [0.15, 0.2) is 11.1 Å². The molecule has 2 atom stereocenters. The van der Waals surface area contributed by atoms with Crippen LogP contribution in [0.3, 0.4) is 0 Å². The minimum atomic E-state index is -0.728. The molecule has 0 saturated heterocycles. The summed E-state index contributed by atoms with van der Waals surface area (Å²) in [4.78, 5) is 0. The van der Waals surface area contributed by atoms with E-state index in [4.69, 9.17) is 21.0 Å². The summed E-state index contributed by atoms with van der Waals surface area (Å²) in [5, 5.41) is 35.1. The van der Waals surface area contributed by atoms with E-state index in [9.17, 15) is 0 Å². The highest BCUT2D eigenvalue weighted by molar-refractivity contribution is 5.44. The van der Waals surface area contributed by atoms with Gasteiger partial charge in [0.15, 0.2) is 0 Å². The van der Waals surface area contributed by atoms with Crippen LogP contribution in [-0.4, -0.2) is 0 Å². The summed E-state index contributed by atoms with van der Waals surface area (Å²) in [6.07, 6.45) is 0.915. The fourth-order valence-corrected chi connectivity index (χ4v) is 1.54. The molecule has 0 spiro atoms. The molecule has 0 radical (unpaired) electrons. The molecule has 14 heavy (non-hydrogen) atoms. The van der Waals surface area contributed by atoms with Crippen molar-refractivity contribution in [2.24, 2.45) is 11.8 Å². The van der Waals surface area contributed by atoms with Gasteiger partial charge in [-0.1, -0.05) is 0 Å². The van der Waals surface area contributed by atoms with Gasteiger partial charge in [-0.3, -0.25) is 0 Å². The molecular weight excluding hydrogens is 176 g/mol. The van der Waals surface area contributed by atoms with Crippen LogP contribution in [0.25, 0.3) is 0 Å². The van der Waals surface area contributed by atoms with E-state index in [1.165, 1.54) is 0 Å². The molecule has 0 aromatic carbocycles. The third-order valence-corrected chi connectivity index (χ3v) is 2.30. The van der Waals surface area contributed by atoms with Gasteiger partial charge < -0.3 is 0 Å². The molecule has 0 heterocycles. The van der Waals surface area contributed by atoms with Crippen LogP contribution in [-0.2, 0) is 0 Å². The SMILES string of the molecule is N#CC1=C(C#N)C(C#N)C(C#N)CC1. The zero-order chi connectivity index (χ0) is 10.6. The number of hydrogen-bond acceptors (Lipinski definition) is 4. The minimum absolute atomic E-state index is 0.174. The van der Waals surface area contributed by atoms with Crippen LogP contribution in [0.4, 0.5) is 0 Å². The molecule has 0 N–H and O–H groups in total. The van der Waals surface area contributed by atoms with E-state index < -0.39 is 11.8 Å². The Morgan fingerprint density at radius 2 is 1.71 bits per heavy atom. The number of hydrogen-bond donors (Lipinski definition) is 0. The Labute approximate surface area is 81.9 Å². The highest BCUT2D eigenvalue weighted by Gasteiger charge is 2.31. The van der Waals surface area contributed by atoms with Gasteiger partial charge in [-0.05, 0) is 12.8 Å². The molecule has 1 aliphatic carbocycles. The number of nitriles is 4. The maximum Gasteiger partial charge on any atom is 0.0980 e. The van der Waals surface area contributed by atoms with E-state index >= 15 is 0 Å². The van der Waals surface area contributed by atoms with Gasteiger partial charge in [0, 0.05) is 5.57 Å². The fourth-order valence-electron chi connectivity index (χ4n) is 1.54. The first-order valence-corrected chi connectivity index (χ1v) is 4.11. The summed E-state index contributed by atoms with van der Waals surface area (Å²) in [7, 11) is 0. The first-order chi connectivity index (χ1) is 6.78. The van der Waals surface area contributed by atoms with Crippen molar-refractivity contribution in [3.05, 3.63) is 11.1 Å². The molecule has 66 valence electrons. The van der Waals surface area contributed by atoms with E-state index in [0.717, 1.165) is 0 Å². The fraction of sp³-hybridized carbons (Fsp3) is 0.400. The first kappa shape index (κ1) is 9.79. The van der Waals surface area contributed by atoms with Crippen LogP contribution in [0.1, 0.15) is 12.8 Å². The Morgan fingerprint density at radius 3 is 2.14 bits per heavy atom. The summed E-state index contributed by atoms with van der Waals surface area (Å²) < 4.78 is 0. The van der Waals surface area contributed by atoms with Crippen molar-refractivity contribution in [2.45, 2.75) is 12.8 Å². The molecule has 1 aliphatic rings. The summed E-state index contributed by atoms with van der Waals surface area (Å²) in [6, 6.07) is 7.68. The number of allylic oxidation sites excluding steroid dienone is 2. The van der Waals surface area contributed by atoms with Gasteiger partial charge >= 0.3 is 0 Å².